The molecule has 0 spiro atoms. The lowest BCUT2D eigenvalue weighted by atomic mass is 9.98. The summed E-state index contributed by atoms with van der Waals surface area (Å²) in [4.78, 5) is 23.9. The molecule has 0 aromatic carbocycles. The van der Waals surface area contributed by atoms with Crippen LogP contribution in [-0.2, 0) is 4.79 Å². The van der Waals surface area contributed by atoms with Crippen LogP contribution < -0.4 is 5.32 Å². The zero-order valence-electron chi connectivity index (χ0n) is 8.33. The smallest absolute Gasteiger partial charge is 0.324 e. The third kappa shape index (κ3) is 3.45. The fraction of sp³-hybridized carbons (Fsp3) is 0.600. The highest BCUT2D eigenvalue weighted by atomic mass is 35.5. The van der Waals surface area contributed by atoms with E-state index in [0.29, 0.717) is 13.1 Å². The zero-order valence-corrected chi connectivity index (χ0v) is 9.09. The van der Waals surface area contributed by atoms with Gasteiger partial charge in [-0.05, 0) is 12.8 Å². The van der Waals surface area contributed by atoms with Crippen LogP contribution in [0.5, 0.6) is 0 Å². The van der Waals surface area contributed by atoms with Crippen LogP contribution in [0.2, 0.25) is 0 Å². The molecule has 0 aromatic heterocycles. The largest absolute Gasteiger partial charge is 0.324 e. The number of rotatable bonds is 1. The Kier molecular flexibility index (Phi) is 4.44. The number of nitrogens with one attached hydrogen (secondary N) is 1. The highest BCUT2D eigenvalue weighted by Crippen LogP contribution is 2.15. The maximum absolute atomic E-state index is 11.4. The first kappa shape index (κ1) is 11.9. The van der Waals surface area contributed by atoms with E-state index in [0.717, 1.165) is 12.8 Å². The third-order valence-electron chi connectivity index (χ3n) is 2.39. The van der Waals surface area contributed by atoms with Crippen molar-refractivity contribution in [1.82, 2.24) is 10.2 Å². The molecule has 1 N–H and O–H groups in total. The standard InChI is InChI=1S/C10H13ClN2O2/c1-2-8-3-5-13(6-4-8)10(15)12-9(14)7-11/h1,8H,3-7H2,(H,12,14,15). The third-order valence-corrected chi connectivity index (χ3v) is 2.63. The highest BCUT2D eigenvalue weighted by molar-refractivity contribution is 6.28. The van der Waals surface area contributed by atoms with Crippen LogP contribution >= 0.6 is 11.6 Å². The number of likely N-dealkylation sites (tertiary alicyclic amines) is 1. The molecule has 1 saturated heterocycles. The Morgan fingerprint density at radius 2 is 2.07 bits per heavy atom. The van der Waals surface area contributed by atoms with Gasteiger partial charge in [-0.2, -0.15) is 0 Å². The van der Waals surface area contributed by atoms with Gasteiger partial charge in [0, 0.05) is 19.0 Å². The van der Waals surface area contributed by atoms with Crippen molar-refractivity contribution in [3.8, 4) is 12.3 Å². The molecule has 0 unspecified atom stereocenters. The first-order valence-corrected chi connectivity index (χ1v) is 5.31. The van der Waals surface area contributed by atoms with E-state index in [1.807, 2.05) is 0 Å². The minimum atomic E-state index is -0.472. The first-order chi connectivity index (χ1) is 7.17. The predicted octanol–water partition coefficient (Wildman–Crippen LogP) is 0.807. The summed E-state index contributed by atoms with van der Waals surface area (Å²) in [6.45, 7) is 1.19. The van der Waals surface area contributed by atoms with E-state index >= 15 is 0 Å². The predicted molar refractivity (Wildman–Crippen MR) is 57.4 cm³/mol. The summed E-state index contributed by atoms with van der Waals surface area (Å²) in [7, 11) is 0. The van der Waals surface area contributed by atoms with Gasteiger partial charge in [-0.15, -0.1) is 23.9 Å². The molecule has 1 fully saturated rings. The number of alkyl halides is 1. The summed E-state index contributed by atoms with van der Waals surface area (Å²) in [5, 5.41) is 2.20. The Bertz CT molecular complexity index is 290. The quantitative estimate of drug-likeness (QED) is 0.533. The van der Waals surface area contributed by atoms with Gasteiger partial charge in [0.25, 0.3) is 0 Å². The van der Waals surface area contributed by atoms with Gasteiger partial charge in [0.2, 0.25) is 5.91 Å². The summed E-state index contributed by atoms with van der Waals surface area (Å²) >= 11 is 5.27. The van der Waals surface area contributed by atoms with E-state index in [2.05, 4.69) is 11.2 Å². The molecule has 0 saturated carbocycles. The van der Waals surface area contributed by atoms with Gasteiger partial charge < -0.3 is 4.90 Å². The summed E-state index contributed by atoms with van der Waals surface area (Å²) in [5.74, 6) is 2.24. The lowest BCUT2D eigenvalue weighted by Crippen LogP contribution is -2.46. The van der Waals surface area contributed by atoms with Gasteiger partial charge in [-0.1, -0.05) is 0 Å². The van der Waals surface area contributed by atoms with Crippen molar-refractivity contribution in [2.45, 2.75) is 12.8 Å². The molecule has 3 amide bonds. The van der Waals surface area contributed by atoms with Gasteiger partial charge in [0.05, 0.1) is 0 Å². The molecule has 82 valence electrons. The lowest BCUT2D eigenvalue weighted by Gasteiger charge is -2.29. The number of hydrogen-bond donors (Lipinski definition) is 1. The highest BCUT2D eigenvalue weighted by Gasteiger charge is 2.22. The number of carbonyl (C=O) groups excluding carboxylic acids is 2. The second kappa shape index (κ2) is 5.62. The van der Waals surface area contributed by atoms with Crippen LogP contribution in [0, 0.1) is 18.3 Å². The number of urea groups is 1. The van der Waals surface area contributed by atoms with Gasteiger partial charge >= 0.3 is 6.03 Å². The molecule has 1 aliphatic heterocycles. The normalized spacial score (nSPS) is 16.9. The SMILES string of the molecule is C#CC1CCN(C(=O)NC(=O)CCl)CC1. The first-order valence-electron chi connectivity index (χ1n) is 4.78. The van der Waals surface area contributed by atoms with Crippen LogP contribution in [0.4, 0.5) is 4.79 Å². The van der Waals surface area contributed by atoms with Crippen LogP contribution in [0.1, 0.15) is 12.8 Å². The Hall–Kier alpha value is -1.21. The number of halogens is 1. The molecular formula is C10H13ClN2O2. The van der Waals surface area contributed by atoms with Crippen molar-refractivity contribution in [3.05, 3.63) is 0 Å². The lowest BCUT2D eigenvalue weighted by molar-refractivity contribution is -0.117. The molecule has 1 aliphatic rings. The van der Waals surface area contributed by atoms with E-state index in [9.17, 15) is 9.59 Å². The molecule has 0 aliphatic carbocycles. The van der Waals surface area contributed by atoms with Gasteiger partial charge in [-0.3, -0.25) is 10.1 Å². The molecule has 0 aromatic rings. The van der Waals surface area contributed by atoms with Gasteiger partial charge in [-0.25, -0.2) is 4.79 Å². The maximum atomic E-state index is 11.4. The molecule has 0 radical (unpaired) electrons. The number of imide groups is 1. The fourth-order valence-electron chi connectivity index (χ4n) is 1.48. The summed E-state index contributed by atoms with van der Waals surface area (Å²) in [6.07, 6.45) is 6.87. The number of carbonyl (C=O) groups is 2. The van der Waals surface area contributed by atoms with Crippen molar-refractivity contribution < 1.29 is 9.59 Å². The Morgan fingerprint density at radius 3 is 2.53 bits per heavy atom. The number of nitrogens with zero attached hydrogens (tertiary/aromatic N) is 1. The van der Waals surface area contributed by atoms with Crippen molar-refractivity contribution >= 4 is 23.5 Å². The van der Waals surface area contributed by atoms with Gasteiger partial charge in [0.15, 0.2) is 0 Å². The number of terminal acetylenes is 1. The van der Waals surface area contributed by atoms with E-state index in [-0.39, 0.29) is 17.8 Å². The second-order valence-electron chi connectivity index (χ2n) is 3.41. The van der Waals surface area contributed by atoms with E-state index in [1.165, 1.54) is 0 Å². The van der Waals surface area contributed by atoms with Crippen LogP contribution in [-0.4, -0.2) is 35.8 Å². The molecule has 0 atom stereocenters. The molecule has 4 nitrogen and oxygen atoms in total. The monoisotopic (exact) mass is 228 g/mol. The number of piperidine rings is 1. The van der Waals surface area contributed by atoms with E-state index < -0.39 is 5.91 Å². The van der Waals surface area contributed by atoms with Crippen molar-refractivity contribution in [1.29, 1.82) is 0 Å². The summed E-state index contributed by atoms with van der Waals surface area (Å²) < 4.78 is 0. The van der Waals surface area contributed by atoms with Crippen LogP contribution in [0.25, 0.3) is 0 Å². The molecule has 5 heteroatoms. The van der Waals surface area contributed by atoms with E-state index in [1.54, 1.807) is 4.90 Å². The molecular weight excluding hydrogens is 216 g/mol. The maximum Gasteiger partial charge on any atom is 0.324 e. The zero-order chi connectivity index (χ0) is 11.3. The Balaban J connectivity index is 2.37. The van der Waals surface area contributed by atoms with E-state index in [4.69, 9.17) is 18.0 Å². The van der Waals surface area contributed by atoms with Gasteiger partial charge in [0.1, 0.15) is 5.88 Å². The summed E-state index contributed by atoms with van der Waals surface area (Å²) in [6, 6.07) is -0.379. The Labute approximate surface area is 94.0 Å². The summed E-state index contributed by atoms with van der Waals surface area (Å²) in [5.41, 5.74) is 0. The van der Waals surface area contributed by atoms with Crippen LogP contribution in [0.3, 0.4) is 0 Å². The molecule has 1 rings (SSSR count). The number of amides is 3. The molecule has 0 bridgehead atoms. The second-order valence-corrected chi connectivity index (χ2v) is 3.68. The Morgan fingerprint density at radius 1 is 1.47 bits per heavy atom. The van der Waals surface area contributed by atoms with Crippen molar-refractivity contribution in [2.75, 3.05) is 19.0 Å². The minimum Gasteiger partial charge on any atom is -0.324 e. The minimum absolute atomic E-state index is 0.202. The average molecular weight is 229 g/mol. The number of hydrogen-bond acceptors (Lipinski definition) is 2. The topological polar surface area (TPSA) is 49.4 Å². The molecule has 15 heavy (non-hydrogen) atoms. The van der Waals surface area contributed by atoms with Crippen LogP contribution in [0.15, 0.2) is 0 Å². The van der Waals surface area contributed by atoms with Crippen molar-refractivity contribution in [2.24, 2.45) is 5.92 Å². The molecule has 1 heterocycles. The average Bonchev–Trinajstić information content (AvgIpc) is 2.29. The van der Waals surface area contributed by atoms with Crippen molar-refractivity contribution in [3.63, 3.8) is 0 Å². The fourth-order valence-corrected chi connectivity index (χ4v) is 1.55.